The number of carbonyl (C=O) groups is 3. The fourth-order valence-corrected chi connectivity index (χ4v) is 7.53. The Kier molecular flexibility index (Phi) is 6.40. The predicted molar refractivity (Wildman–Crippen MR) is 124 cm³/mol. The van der Waals surface area contributed by atoms with Crippen LogP contribution in [-0.2, 0) is 27.2 Å². The van der Waals surface area contributed by atoms with Gasteiger partial charge < -0.3 is 15.2 Å². The molecule has 7 heteroatoms. The first kappa shape index (κ1) is 23.3. The van der Waals surface area contributed by atoms with Crippen LogP contribution < -0.4 is 5.32 Å². The number of amides is 1. The van der Waals surface area contributed by atoms with Gasteiger partial charge >= 0.3 is 11.9 Å². The Morgan fingerprint density at radius 1 is 1.06 bits per heavy atom. The molecular weight excluding hydrogens is 426 g/mol. The number of hydrogen-bond acceptors (Lipinski definition) is 5. The number of ether oxygens (including phenoxy) is 1. The van der Waals surface area contributed by atoms with Gasteiger partial charge in [-0.2, -0.15) is 0 Å². The maximum Gasteiger partial charge on any atom is 0.341 e. The van der Waals surface area contributed by atoms with E-state index in [4.69, 9.17) is 4.74 Å². The average Bonchev–Trinajstić information content (AvgIpc) is 3.10. The number of carbonyl (C=O) groups excluding carboxylic acids is 2. The molecule has 0 spiro atoms. The molecule has 0 aromatic carbocycles. The Bertz CT molecular complexity index is 906. The van der Waals surface area contributed by atoms with Crippen molar-refractivity contribution in [2.75, 3.05) is 11.9 Å². The van der Waals surface area contributed by atoms with Crippen molar-refractivity contribution in [1.82, 2.24) is 0 Å². The van der Waals surface area contributed by atoms with E-state index < -0.39 is 23.8 Å². The minimum atomic E-state index is -0.872. The van der Waals surface area contributed by atoms with E-state index in [-0.39, 0.29) is 29.8 Å². The largest absolute Gasteiger partial charge is 0.481 e. The normalized spacial score (nSPS) is 29.3. The van der Waals surface area contributed by atoms with Crippen LogP contribution in [0.15, 0.2) is 0 Å². The average molecular weight is 462 g/mol. The number of fused-ring (bicyclic) bond motifs is 4. The van der Waals surface area contributed by atoms with Crippen LogP contribution in [-0.4, -0.2) is 29.6 Å². The number of aliphatic carboxylic acids is 1. The second-order valence-electron chi connectivity index (χ2n) is 10.8. The van der Waals surface area contributed by atoms with E-state index in [9.17, 15) is 19.5 Å². The van der Waals surface area contributed by atoms with Gasteiger partial charge in [0.05, 0.1) is 24.0 Å². The topological polar surface area (TPSA) is 92.7 Å². The number of anilines is 1. The Balaban J connectivity index is 1.64. The van der Waals surface area contributed by atoms with Crippen LogP contribution in [0.1, 0.15) is 80.6 Å². The molecule has 5 rings (SSSR count). The highest BCUT2D eigenvalue weighted by Crippen LogP contribution is 2.50. The molecule has 1 amide bonds. The van der Waals surface area contributed by atoms with E-state index in [1.165, 1.54) is 11.3 Å². The van der Waals surface area contributed by atoms with Crippen molar-refractivity contribution in [3.8, 4) is 0 Å². The lowest BCUT2D eigenvalue weighted by molar-refractivity contribution is -0.156. The molecule has 1 heterocycles. The first-order chi connectivity index (χ1) is 15.1. The minimum Gasteiger partial charge on any atom is -0.481 e. The van der Waals surface area contributed by atoms with E-state index in [1.54, 1.807) is 6.92 Å². The lowest BCUT2D eigenvalue weighted by Crippen LogP contribution is -2.49. The summed E-state index contributed by atoms with van der Waals surface area (Å²) in [4.78, 5) is 39.5. The molecule has 0 saturated heterocycles. The van der Waals surface area contributed by atoms with Crippen LogP contribution >= 0.6 is 11.3 Å². The number of carboxylic acids is 1. The number of nitrogens with one attached hydrogen (secondary N) is 1. The summed E-state index contributed by atoms with van der Waals surface area (Å²) in [5.41, 5.74) is 1.66. The van der Waals surface area contributed by atoms with E-state index in [2.05, 4.69) is 26.1 Å². The van der Waals surface area contributed by atoms with E-state index in [1.807, 2.05) is 0 Å². The number of thiophene rings is 1. The SMILES string of the molecule is CCOC(=O)c1c(NC(=O)C2C3CCC(CC3)C2C(=O)O)sc2c1CCC(C(C)(C)C)C2. The summed E-state index contributed by atoms with van der Waals surface area (Å²) >= 11 is 1.48. The Morgan fingerprint density at radius 3 is 2.25 bits per heavy atom. The second kappa shape index (κ2) is 8.81. The molecule has 2 N–H and O–H groups in total. The minimum absolute atomic E-state index is 0.0712. The van der Waals surface area contributed by atoms with Gasteiger partial charge in [0, 0.05) is 4.88 Å². The highest BCUT2D eigenvalue weighted by molar-refractivity contribution is 7.17. The fourth-order valence-electron chi connectivity index (χ4n) is 6.21. The van der Waals surface area contributed by atoms with E-state index >= 15 is 0 Å². The molecule has 3 fully saturated rings. The van der Waals surface area contributed by atoms with Crippen LogP contribution in [0, 0.1) is 35.0 Å². The molecule has 3 atom stereocenters. The van der Waals surface area contributed by atoms with Crippen LogP contribution in [0.2, 0.25) is 0 Å². The van der Waals surface area contributed by atoms with Crippen molar-refractivity contribution in [1.29, 1.82) is 0 Å². The molecular formula is C25H35NO5S. The summed E-state index contributed by atoms with van der Waals surface area (Å²) in [5.74, 6) is -1.99. The van der Waals surface area contributed by atoms with Gasteiger partial charge in [-0.1, -0.05) is 20.8 Å². The molecule has 0 aliphatic heterocycles. The summed E-state index contributed by atoms with van der Waals surface area (Å²) < 4.78 is 5.35. The Morgan fingerprint density at radius 2 is 1.69 bits per heavy atom. The lowest BCUT2D eigenvalue weighted by atomic mass is 9.58. The maximum absolute atomic E-state index is 13.4. The van der Waals surface area contributed by atoms with Crippen molar-refractivity contribution < 1.29 is 24.2 Å². The van der Waals surface area contributed by atoms with Crippen molar-refractivity contribution >= 4 is 34.2 Å². The summed E-state index contributed by atoms with van der Waals surface area (Å²) in [6.45, 7) is 8.79. The highest BCUT2D eigenvalue weighted by Gasteiger charge is 2.50. The second-order valence-corrected chi connectivity index (χ2v) is 11.9. The number of esters is 1. The molecule has 4 aliphatic rings. The third-order valence-corrected chi connectivity index (χ3v) is 9.18. The van der Waals surface area contributed by atoms with Gasteiger partial charge in [-0.3, -0.25) is 9.59 Å². The third kappa shape index (κ3) is 4.20. The van der Waals surface area contributed by atoms with Crippen molar-refractivity contribution in [2.24, 2.45) is 35.0 Å². The molecule has 6 nitrogen and oxygen atoms in total. The quantitative estimate of drug-likeness (QED) is 0.592. The summed E-state index contributed by atoms with van der Waals surface area (Å²) in [7, 11) is 0. The zero-order chi connectivity index (χ0) is 23.2. The smallest absolute Gasteiger partial charge is 0.341 e. The lowest BCUT2D eigenvalue weighted by Gasteiger charge is -2.45. The van der Waals surface area contributed by atoms with Crippen molar-refractivity contribution in [3.63, 3.8) is 0 Å². The van der Waals surface area contributed by atoms with Crippen LogP contribution in [0.4, 0.5) is 5.00 Å². The Hall–Kier alpha value is -1.89. The van der Waals surface area contributed by atoms with Crippen LogP contribution in [0.3, 0.4) is 0 Å². The van der Waals surface area contributed by atoms with Crippen molar-refractivity contribution in [3.05, 3.63) is 16.0 Å². The zero-order valence-electron chi connectivity index (χ0n) is 19.5. The number of rotatable bonds is 5. The highest BCUT2D eigenvalue weighted by atomic mass is 32.1. The molecule has 3 unspecified atom stereocenters. The summed E-state index contributed by atoms with van der Waals surface area (Å²) in [6, 6.07) is 0. The summed E-state index contributed by atoms with van der Waals surface area (Å²) in [6.07, 6.45) is 6.28. The van der Waals surface area contributed by atoms with Gasteiger partial charge in [0.25, 0.3) is 0 Å². The molecule has 0 radical (unpaired) electrons. The molecule has 32 heavy (non-hydrogen) atoms. The number of hydrogen-bond donors (Lipinski definition) is 2. The summed E-state index contributed by atoms with van der Waals surface area (Å²) in [5, 5.41) is 13.4. The van der Waals surface area contributed by atoms with Gasteiger partial charge in [-0.25, -0.2) is 4.79 Å². The standard InChI is InChI=1S/C25H35NO5S/c1-5-31-24(30)20-16-11-10-15(25(2,3)4)12-17(16)32-22(20)26-21(27)18-13-6-8-14(9-7-13)19(18)23(28)29/h13-15,18-19H,5-12H2,1-4H3,(H,26,27)(H,28,29). The van der Waals surface area contributed by atoms with Gasteiger partial charge in [0.2, 0.25) is 5.91 Å². The monoisotopic (exact) mass is 461 g/mol. The molecule has 2 bridgehead atoms. The van der Waals surface area contributed by atoms with E-state index in [0.717, 1.165) is 55.4 Å². The molecule has 3 saturated carbocycles. The first-order valence-corrected chi connectivity index (χ1v) is 12.8. The molecule has 1 aromatic heterocycles. The third-order valence-electron chi connectivity index (χ3n) is 8.01. The first-order valence-electron chi connectivity index (χ1n) is 12.0. The van der Waals surface area contributed by atoms with Crippen LogP contribution in [0.5, 0.6) is 0 Å². The zero-order valence-corrected chi connectivity index (χ0v) is 20.3. The van der Waals surface area contributed by atoms with Gasteiger partial charge in [-0.05, 0) is 80.6 Å². The predicted octanol–water partition coefficient (Wildman–Crippen LogP) is 5.15. The van der Waals surface area contributed by atoms with Gasteiger partial charge in [-0.15, -0.1) is 11.3 Å². The van der Waals surface area contributed by atoms with Crippen molar-refractivity contribution in [2.45, 2.75) is 72.6 Å². The van der Waals surface area contributed by atoms with Gasteiger partial charge in [0.15, 0.2) is 0 Å². The molecule has 1 aromatic rings. The van der Waals surface area contributed by atoms with E-state index in [0.29, 0.717) is 16.5 Å². The van der Waals surface area contributed by atoms with Gasteiger partial charge in [0.1, 0.15) is 5.00 Å². The van der Waals surface area contributed by atoms with Crippen LogP contribution in [0.25, 0.3) is 0 Å². The maximum atomic E-state index is 13.4. The fraction of sp³-hybridized carbons (Fsp3) is 0.720. The molecule has 4 aliphatic carbocycles. The molecule has 176 valence electrons. The Labute approximate surface area is 194 Å². The number of carboxylic acid groups (broad SMARTS) is 1.